The van der Waals surface area contributed by atoms with Gasteiger partial charge in [-0.25, -0.2) is 4.79 Å². The topological polar surface area (TPSA) is 108 Å². The van der Waals surface area contributed by atoms with Gasteiger partial charge in [0.25, 0.3) is 6.29 Å². The fraction of sp³-hybridized carbons (Fsp3) is 0.830. The Bertz CT molecular complexity index is 1830. The molecule has 0 amide bonds. The zero-order valence-electron chi connectivity index (χ0n) is 65.0. The molecule has 0 aromatic heterocycles. The zero-order valence-corrected chi connectivity index (χ0v) is 65.0. The molecule has 9 nitrogen and oxygen atoms in total. The lowest BCUT2D eigenvalue weighted by Crippen LogP contribution is -2.40. The molecule has 2 unspecified atom stereocenters. The number of quaternary nitrogens is 1. The molecule has 0 aromatic rings. The van der Waals surface area contributed by atoms with Crippen LogP contribution >= 0.6 is 0 Å². The second kappa shape index (κ2) is 78.4. The number of hydrogen-bond donors (Lipinski definition) is 1. The second-order valence-corrected chi connectivity index (χ2v) is 29.8. The highest BCUT2D eigenvalue weighted by molar-refractivity contribution is 5.71. The molecular formula is C88H162NO8+. The van der Waals surface area contributed by atoms with Crippen molar-refractivity contribution in [2.24, 2.45) is 0 Å². The molecule has 0 rings (SSSR count). The lowest BCUT2D eigenvalue weighted by molar-refractivity contribution is -0.870. The predicted molar refractivity (Wildman–Crippen MR) is 420 cm³/mol. The van der Waals surface area contributed by atoms with E-state index in [0.717, 1.165) is 70.6 Å². The smallest absolute Gasteiger partial charge is 0.361 e. The van der Waals surface area contributed by atoms with Crippen molar-refractivity contribution in [3.63, 3.8) is 0 Å². The SMILES string of the molecule is CC/C=C\C/C=C\C/C=C\C/C=C\CCCCCCCCCCCCCCCCCCCCCCCCC(=O)OC(COC(=O)CCCCCCCCCCCCCCCCCCCCCCCCCCC/C=C\C/C=C\CCCCCCC)COC(OCC[N+](C)(C)C)C(=O)O. The van der Waals surface area contributed by atoms with Gasteiger partial charge in [0.2, 0.25) is 0 Å². The molecule has 9 heteroatoms. The van der Waals surface area contributed by atoms with Gasteiger partial charge in [0.05, 0.1) is 34.4 Å². The minimum absolute atomic E-state index is 0.177. The van der Waals surface area contributed by atoms with E-state index in [1.807, 2.05) is 21.1 Å². The lowest BCUT2D eigenvalue weighted by atomic mass is 10.0. The van der Waals surface area contributed by atoms with Crippen LogP contribution in [0.1, 0.15) is 412 Å². The van der Waals surface area contributed by atoms with Crippen molar-refractivity contribution in [1.82, 2.24) is 0 Å². The number of hydrogen-bond acceptors (Lipinski definition) is 7. The van der Waals surface area contributed by atoms with Gasteiger partial charge < -0.3 is 28.5 Å². The third-order valence-corrected chi connectivity index (χ3v) is 18.9. The van der Waals surface area contributed by atoms with Crippen LogP contribution in [0, 0.1) is 0 Å². The Morgan fingerprint density at radius 1 is 0.320 bits per heavy atom. The highest BCUT2D eigenvalue weighted by Gasteiger charge is 2.25. The fourth-order valence-corrected chi connectivity index (χ4v) is 12.6. The number of esters is 2. The van der Waals surface area contributed by atoms with Gasteiger partial charge >= 0.3 is 17.9 Å². The van der Waals surface area contributed by atoms with Gasteiger partial charge in [0, 0.05) is 12.8 Å². The summed E-state index contributed by atoms with van der Waals surface area (Å²) in [6, 6.07) is 0. The summed E-state index contributed by atoms with van der Waals surface area (Å²) < 4.78 is 23.1. The predicted octanol–water partition coefficient (Wildman–Crippen LogP) is 27.2. The van der Waals surface area contributed by atoms with Crippen LogP contribution in [0.4, 0.5) is 0 Å². The van der Waals surface area contributed by atoms with Gasteiger partial charge in [-0.3, -0.25) is 9.59 Å². The number of aliphatic carboxylic acids is 1. The summed E-state index contributed by atoms with van der Waals surface area (Å²) in [5.74, 6) is -1.97. The van der Waals surface area contributed by atoms with Crippen molar-refractivity contribution < 1.29 is 42.9 Å². The third-order valence-electron chi connectivity index (χ3n) is 18.9. The van der Waals surface area contributed by atoms with Crippen molar-refractivity contribution in [2.75, 3.05) is 47.5 Å². The van der Waals surface area contributed by atoms with E-state index in [1.54, 1.807) is 0 Å². The molecule has 566 valence electrons. The van der Waals surface area contributed by atoms with Crippen molar-refractivity contribution in [3.05, 3.63) is 72.9 Å². The van der Waals surface area contributed by atoms with Gasteiger partial charge in [-0.05, 0) is 83.5 Å². The van der Waals surface area contributed by atoms with E-state index in [0.29, 0.717) is 17.4 Å². The minimum atomic E-state index is -1.51. The maximum atomic E-state index is 13.0. The van der Waals surface area contributed by atoms with Crippen LogP contribution < -0.4 is 0 Å². The Morgan fingerprint density at radius 3 is 0.876 bits per heavy atom. The second-order valence-electron chi connectivity index (χ2n) is 29.8. The Morgan fingerprint density at radius 2 is 0.588 bits per heavy atom. The molecule has 0 fully saturated rings. The summed E-state index contributed by atoms with van der Waals surface area (Å²) in [4.78, 5) is 37.8. The summed E-state index contributed by atoms with van der Waals surface area (Å²) in [5.41, 5.74) is 0. The van der Waals surface area contributed by atoms with Crippen molar-refractivity contribution >= 4 is 17.9 Å². The molecule has 0 aliphatic carbocycles. The number of unbranched alkanes of at least 4 members (excludes halogenated alkanes) is 52. The van der Waals surface area contributed by atoms with Gasteiger partial charge in [-0.2, -0.15) is 0 Å². The van der Waals surface area contributed by atoms with Gasteiger partial charge in [0.1, 0.15) is 13.2 Å². The van der Waals surface area contributed by atoms with Gasteiger partial charge in [0.15, 0.2) is 6.10 Å². The Kier molecular flexibility index (Phi) is 75.8. The highest BCUT2D eigenvalue weighted by Crippen LogP contribution is 2.20. The number of nitrogens with zero attached hydrogens (tertiary/aromatic N) is 1. The van der Waals surface area contributed by atoms with Crippen molar-refractivity contribution in [3.8, 4) is 0 Å². The monoisotopic (exact) mass is 1360 g/mol. The summed E-state index contributed by atoms with van der Waals surface area (Å²) >= 11 is 0. The normalized spacial score (nSPS) is 13.0. The van der Waals surface area contributed by atoms with Crippen molar-refractivity contribution in [1.29, 1.82) is 0 Å². The van der Waals surface area contributed by atoms with Crippen LogP contribution in [0.2, 0.25) is 0 Å². The van der Waals surface area contributed by atoms with E-state index < -0.39 is 18.4 Å². The van der Waals surface area contributed by atoms with Crippen molar-refractivity contribution in [2.45, 2.75) is 424 Å². The van der Waals surface area contributed by atoms with Crippen LogP contribution in [0.5, 0.6) is 0 Å². The minimum Gasteiger partial charge on any atom is -0.477 e. The van der Waals surface area contributed by atoms with Crippen LogP contribution in [-0.2, 0) is 33.3 Å². The number of rotatable bonds is 79. The zero-order chi connectivity index (χ0) is 70.4. The molecule has 2 atom stereocenters. The largest absolute Gasteiger partial charge is 0.477 e. The molecule has 0 aliphatic heterocycles. The van der Waals surface area contributed by atoms with Gasteiger partial charge in [-0.1, -0.05) is 389 Å². The average molecular weight is 1360 g/mol. The fourth-order valence-electron chi connectivity index (χ4n) is 12.6. The van der Waals surface area contributed by atoms with Crippen LogP contribution in [0.25, 0.3) is 0 Å². The summed E-state index contributed by atoms with van der Waals surface area (Å²) in [6.45, 7) is 4.82. The number of ether oxygens (including phenoxy) is 4. The maximum Gasteiger partial charge on any atom is 0.361 e. The first-order valence-electron chi connectivity index (χ1n) is 42.1. The number of carboxylic acid groups (broad SMARTS) is 1. The molecule has 0 spiro atoms. The number of carbonyl (C=O) groups excluding carboxylic acids is 2. The molecule has 0 heterocycles. The van der Waals surface area contributed by atoms with E-state index in [4.69, 9.17) is 18.9 Å². The molecule has 97 heavy (non-hydrogen) atoms. The Hall–Kier alpha value is -3.27. The third kappa shape index (κ3) is 79.9. The summed E-state index contributed by atoms with van der Waals surface area (Å²) in [5, 5.41) is 9.78. The lowest BCUT2D eigenvalue weighted by Gasteiger charge is -2.25. The molecule has 0 aromatic carbocycles. The Labute approximate surface area is 602 Å². The number of allylic oxidation sites excluding steroid dienone is 12. The number of carbonyl (C=O) groups is 3. The summed E-state index contributed by atoms with van der Waals surface area (Å²) in [6.07, 6.45) is 104. The first kappa shape index (κ1) is 93.7. The Balaban J connectivity index is 3.94. The van der Waals surface area contributed by atoms with E-state index in [1.165, 1.54) is 315 Å². The van der Waals surface area contributed by atoms with E-state index >= 15 is 0 Å². The first-order valence-corrected chi connectivity index (χ1v) is 42.1. The standard InChI is InChI=1S/C88H161NO8/c1-6-8-10-12-14-16-18-20-22-24-26-28-30-32-34-36-38-40-42-43-45-46-48-50-52-54-56-58-60-62-64-66-68-70-72-74-76-78-85(90)95-82-84(83-96-88(87(92)93)94-81-80-89(3,4)5)97-86(91)79-77-75-73-71-69-67-65-63-61-59-57-55-53-51-49-47-44-41-39-37-35-33-31-29-27-25-23-21-19-17-15-13-11-9-7-2/h9,11,15,17-18,20-21,23-24,26-27,29,84,88H,6-8,10,12-14,16,19,22,25,28,30-83H2,1-5H3/p+1/b11-9-,17-15-,20-18-,23-21-,26-24-,29-27-. The first-order chi connectivity index (χ1) is 47.6. The number of likely N-dealkylation sites (N-methyl/N-ethyl adjacent to an activating group) is 1. The van der Waals surface area contributed by atoms with Crippen LogP contribution in [0.3, 0.4) is 0 Å². The molecule has 0 bridgehead atoms. The van der Waals surface area contributed by atoms with E-state index in [2.05, 4.69) is 86.8 Å². The summed E-state index contributed by atoms with van der Waals surface area (Å²) in [7, 11) is 6.00. The maximum absolute atomic E-state index is 13.0. The quantitative estimate of drug-likeness (QED) is 0.0211. The molecule has 0 radical (unpaired) electrons. The van der Waals surface area contributed by atoms with Gasteiger partial charge in [-0.15, -0.1) is 0 Å². The molecule has 0 saturated carbocycles. The number of carboxylic acids is 1. The average Bonchev–Trinajstić information content (AvgIpc) is 3.74. The highest BCUT2D eigenvalue weighted by atomic mass is 16.7. The molecule has 1 N–H and O–H groups in total. The van der Waals surface area contributed by atoms with Crippen LogP contribution in [-0.4, -0.2) is 87.4 Å². The molecule has 0 saturated heterocycles. The van der Waals surface area contributed by atoms with E-state index in [-0.39, 0.29) is 38.2 Å². The van der Waals surface area contributed by atoms with Crippen LogP contribution in [0.15, 0.2) is 72.9 Å². The molecule has 0 aliphatic rings. The molecular weight excluding hydrogens is 1200 g/mol. The van der Waals surface area contributed by atoms with E-state index in [9.17, 15) is 19.5 Å².